The van der Waals surface area contributed by atoms with Gasteiger partial charge in [-0.05, 0) is 42.7 Å². The molecule has 6 nitrogen and oxygen atoms in total. The number of benzene rings is 2. The van der Waals surface area contributed by atoms with Crippen molar-refractivity contribution >= 4 is 17.5 Å². The minimum Gasteiger partial charge on any atom is -0.381 e. The van der Waals surface area contributed by atoms with Crippen LogP contribution in [0, 0.1) is 0 Å². The maximum absolute atomic E-state index is 12.9. The lowest BCUT2D eigenvalue weighted by Gasteiger charge is -2.38. The van der Waals surface area contributed by atoms with Crippen LogP contribution in [-0.2, 0) is 16.3 Å². The smallest absolute Gasteiger partial charge is 0.381 e. The quantitative estimate of drug-likeness (QED) is 0.580. The maximum atomic E-state index is 12.9. The van der Waals surface area contributed by atoms with E-state index in [1.807, 2.05) is 18.2 Å². The Morgan fingerprint density at radius 3 is 2.56 bits per heavy atom. The highest BCUT2D eigenvalue weighted by Gasteiger charge is 2.38. The van der Waals surface area contributed by atoms with E-state index in [-0.39, 0.29) is 28.3 Å². The maximum Gasteiger partial charge on any atom is 0.471 e. The lowest BCUT2D eigenvalue weighted by Crippen LogP contribution is -2.44. The Hall–Kier alpha value is -2.91. The second-order valence-electron chi connectivity index (χ2n) is 7.59. The molecule has 0 atom stereocenters. The summed E-state index contributed by atoms with van der Waals surface area (Å²) in [6.07, 6.45) is -3.30. The molecule has 1 aliphatic heterocycles. The van der Waals surface area contributed by atoms with Crippen molar-refractivity contribution in [1.82, 2.24) is 15.5 Å². The number of hydrogen-bond donors (Lipinski definition) is 1. The van der Waals surface area contributed by atoms with E-state index in [1.165, 1.54) is 12.1 Å². The highest BCUT2D eigenvalue weighted by atomic mass is 35.5. The standard InChI is InChI=1S/C22H19ClF3N3O3/c23-17-6-2-5-16(12-17)21(7-9-31-10-8-21)13-27-19(30)15-4-1-3-14(11-15)18-28-20(32-29-18)22(24,25)26/h1-6,11-12H,7-10,13H2,(H,27,30). The Morgan fingerprint density at radius 1 is 1.12 bits per heavy atom. The largest absolute Gasteiger partial charge is 0.471 e. The van der Waals surface area contributed by atoms with Crippen LogP contribution in [0.5, 0.6) is 0 Å². The van der Waals surface area contributed by atoms with Crippen LogP contribution in [0.4, 0.5) is 13.2 Å². The van der Waals surface area contributed by atoms with Crippen LogP contribution in [0.3, 0.4) is 0 Å². The summed E-state index contributed by atoms with van der Waals surface area (Å²) in [5.74, 6) is -2.04. The molecule has 1 aromatic heterocycles. The van der Waals surface area contributed by atoms with Gasteiger partial charge in [-0.3, -0.25) is 4.79 Å². The molecular formula is C22H19ClF3N3O3. The molecule has 0 saturated carbocycles. The van der Waals surface area contributed by atoms with Crippen LogP contribution in [0.1, 0.15) is 34.7 Å². The molecule has 1 saturated heterocycles. The zero-order valence-electron chi connectivity index (χ0n) is 16.8. The van der Waals surface area contributed by atoms with Crippen molar-refractivity contribution in [1.29, 1.82) is 0 Å². The topological polar surface area (TPSA) is 77.2 Å². The molecule has 0 spiro atoms. The molecule has 1 amide bonds. The van der Waals surface area contributed by atoms with E-state index in [2.05, 4.69) is 20.0 Å². The molecule has 3 aromatic rings. The van der Waals surface area contributed by atoms with E-state index in [9.17, 15) is 18.0 Å². The van der Waals surface area contributed by atoms with Crippen molar-refractivity contribution in [3.63, 3.8) is 0 Å². The fraction of sp³-hybridized carbons (Fsp3) is 0.318. The monoisotopic (exact) mass is 465 g/mol. The molecule has 2 heterocycles. The van der Waals surface area contributed by atoms with Crippen molar-refractivity contribution in [3.05, 3.63) is 70.6 Å². The summed E-state index contributed by atoms with van der Waals surface area (Å²) in [5.41, 5.74) is 1.21. The zero-order valence-corrected chi connectivity index (χ0v) is 17.5. The van der Waals surface area contributed by atoms with Crippen LogP contribution < -0.4 is 5.32 Å². The first-order chi connectivity index (χ1) is 15.3. The molecule has 32 heavy (non-hydrogen) atoms. The lowest BCUT2D eigenvalue weighted by molar-refractivity contribution is -0.159. The molecule has 10 heteroatoms. The van der Waals surface area contributed by atoms with Crippen molar-refractivity contribution in [2.75, 3.05) is 19.8 Å². The molecule has 0 aliphatic carbocycles. The number of nitrogens with zero attached hydrogens (tertiary/aromatic N) is 2. The van der Waals surface area contributed by atoms with E-state index in [4.69, 9.17) is 16.3 Å². The molecule has 1 N–H and O–H groups in total. The number of ether oxygens (including phenoxy) is 1. The zero-order chi connectivity index (χ0) is 22.8. The number of carbonyl (C=O) groups is 1. The van der Waals surface area contributed by atoms with E-state index in [1.54, 1.807) is 18.2 Å². The number of amides is 1. The Morgan fingerprint density at radius 2 is 1.88 bits per heavy atom. The third-order valence-electron chi connectivity index (χ3n) is 5.53. The van der Waals surface area contributed by atoms with Crippen LogP contribution in [0.15, 0.2) is 53.1 Å². The molecule has 0 radical (unpaired) electrons. The van der Waals surface area contributed by atoms with Gasteiger partial charge in [-0.15, -0.1) is 0 Å². The number of carbonyl (C=O) groups excluding carboxylic acids is 1. The predicted molar refractivity (Wildman–Crippen MR) is 110 cm³/mol. The van der Waals surface area contributed by atoms with Gasteiger partial charge in [-0.25, -0.2) is 0 Å². The first-order valence-electron chi connectivity index (χ1n) is 9.90. The highest BCUT2D eigenvalue weighted by molar-refractivity contribution is 6.30. The van der Waals surface area contributed by atoms with Crippen molar-refractivity contribution in [3.8, 4) is 11.4 Å². The number of hydrogen-bond acceptors (Lipinski definition) is 5. The highest BCUT2D eigenvalue weighted by Crippen LogP contribution is 2.35. The SMILES string of the molecule is O=C(NCC1(c2cccc(Cl)c2)CCOCC1)c1cccc(-c2noc(C(F)(F)F)n2)c1. The molecule has 0 bridgehead atoms. The van der Waals surface area contributed by atoms with Gasteiger partial charge in [0, 0.05) is 41.3 Å². The Bertz CT molecular complexity index is 1110. The average Bonchev–Trinajstić information content (AvgIpc) is 3.29. The number of halogens is 4. The normalized spacial score (nSPS) is 16.0. The third-order valence-corrected chi connectivity index (χ3v) is 5.76. The molecule has 0 unspecified atom stereocenters. The second-order valence-corrected chi connectivity index (χ2v) is 8.02. The van der Waals surface area contributed by atoms with Crippen molar-refractivity contribution in [2.45, 2.75) is 24.4 Å². The van der Waals surface area contributed by atoms with Crippen molar-refractivity contribution < 1.29 is 27.2 Å². The molecule has 4 rings (SSSR count). The number of nitrogens with one attached hydrogen (secondary N) is 1. The van der Waals surface area contributed by atoms with Gasteiger partial charge in [0.25, 0.3) is 5.91 Å². The average molecular weight is 466 g/mol. The van der Waals surface area contributed by atoms with E-state index < -0.39 is 12.1 Å². The Balaban J connectivity index is 1.52. The van der Waals surface area contributed by atoms with E-state index in [0.717, 1.165) is 18.4 Å². The van der Waals surface area contributed by atoms with E-state index >= 15 is 0 Å². The summed E-state index contributed by atoms with van der Waals surface area (Å²) in [7, 11) is 0. The van der Waals surface area contributed by atoms with Crippen LogP contribution in [0.25, 0.3) is 11.4 Å². The Labute approximate surface area is 186 Å². The lowest BCUT2D eigenvalue weighted by atomic mass is 9.74. The Kier molecular flexibility index (Phi) is 6.21. The van der Waals surface area contributed by atoms with Gasteiger partial charge in [0.2, 0.25) is 5.82 Å². The molecule has 2 aromatic carbocycles. The number of rotatable bonds is 5. The molecular weight excluding hydrogens is 447 g/mol. The number of aromatic nitrogens is 2. The fourth-order valence-electron chi connectivity index (χ4n) is 3.75. The minimum absolute atomic E-state index is 0.243. The van der Waals surface area contributed by atoms with Gasteiger partial charge in [-0.2, -0.15) is 18.2 Å². The minimum atomic E-state index is -4.74. The summed E-state index contributed by atoms with van der Waals surface area (Å²) in [5, 5.41) is 6.94. The summed E-state index contributed by atoms with van der Waals surface area (Å²) in [6, 6.07) is 13.6. The van der Waals surface area contributed by atoms with Gasteiger partial charge in [0.1, 0.15) is 0 Å². The number of alkyl halides is 3. The first kappa shape index (κ1) is 22.3. The van der Waals surface area contributed by atoms with Gasteiger partial charge in [-0.1, -0.05) is 41.0 Å². The van der Waals surface area contributed by atoms with Crippen LogP contribution in [0.2, 0.25) is 5.02 Å². The van der Waals surface area contributed by atoms with Gasteiger partial charge in [0.05, 0.1) is 0 Å². The van der Waals surface area contributed by atoms with Crippen LogP contribution >= 0.6 is 11.6 Å². The summed E-state index contributed by atoms with van der Waals surface area (Å²) in [6.45, 7) is 1.49. The second kappa shape index (κ2) is 8.91. The van der Waals surface area contributed by atoms with Crippen molar-refractivity contribution in [2.24, 2.45) is 0 Å². The molecule has 168 valence electrons. The molecule has 1 fully saturated rings. The van der Waals surface area contributed by atoms with Gasteiger partial charge in [0.15, 0.2) is 0 Å². The summed E-state index contributed by atoms with van der Waals surface area (Å²) in [4.78, 5) is 16.2. The van der Waals surface area contributed by atoms with E-state index in [0.29, 0.717) is 24.8 Å². The molecule has 1 aliphatic rings. The third kappa shape index (κ3) is 4.78. The van der Waals surface area contributed by atoms with Gasteiger partial charge >= 0.3 is 12.1 Å². The first-order valence-corrected chi connectivity index (χ1v) is 10.3. The summed E-state index contributed by atoms with van der Waals surface area (Å²) < 4.78 is 48.0. The summed E-state index contributed by atoms with van der Waals surface area (Å²) >= 11 is 6.18. The van der Waals surface area contributed by atoms with Gasteiger partial charge < -0.3 is 14.6 Å². The van der Waals surface area contributed by atoms with Crippen LogP contribution in [-0.4, -0.2) is 35.8 Å². The predicted octanol–water partition coefficient (Wildman–Crippen LogP) is 4.89. The fourth-order valence-corrected chi connectivity index (χ4v) is 3.95.